The predicted octanol–water partition coefficient (Wildman–Crippen LogP) is 1.55. The van der Waals surface area contributed by atoms with Gasteiger partial charge in [0.15, 0.2) is 0 Å². The van der Waals surface area contributed by atoms with E-state index in [1.165, 1.54) is 4.90 Å². The predicted molar refractivity (Wildman–Crippen MR) is 107 cm³/mol. The Balaban J connectivity index is 1.35. The van der Waals surface area contributed by atoms with E-state index in [0.29, 0.717) is 25.9 Å². The summed E-state index contributed by atoms with van der Waals surface area (Å²) in [4.78, 5) is 46.1. The van der Waals surface area contributed by atoms with Crippen LogP contribution >= 0.6 is 0 Å². The first kappa shape index (κ1) is 21.2. The van der Waals surface area contributed by atoms with Gasteiger partial charge in [0.1, 0.15) is 6.61 Å². The molecule has 8 nitrogen and oxygen atoms in total. The number of likely N-dealkylation sites (tertiary alicyclic amines) is 1. The fourth-order valence-electron chi connectivity index (χ4n) is 3.75. The van der Waals surface area contributed by atoms with Gasteiger partial charge < -0.3 is 9.64 Å². The van der Waals surface area contributed by atoms with Crippen LogP contribution in [0.4, 0.5) is 4.79 Å². The third-order valence-electron chi connectivity index (χ3n) is 5.44. The molecular formula is C21H30N4O4. The number of carbonyl (C=O) groups is 3. The molecule has 8 heteroatoms. The van der Waals surface area contributed by atoms with Gasteiger partial charge in [-0.05, 0) is 17.5 Å². The molecule has 0 atom stereocenters. The monoisotopic (exact) mass is 402 g/mol. The van der Waals surface area contributed by atoms with Crippen LogP contribution in [0.2, 0.25) is 0 Å². The first-order valence-electron chi connectivity index (χ1n) is 10.2. The first-order chi connectivity index (χ1) is 13.8. The molecule has 2 aliphatic rings. The number of nitrogens with zero attached hydrogens (tertiary/aromatic N) is 4. The zero-order valence-corrected chi connectivity index (χ0v) is 17.3. The molecule has 0 N–H and O–H groups in total. The molecular weight excluding hydrogens is 372 g/mol. The van der Waals surface area contributed by atoms with Crippen molar-refractivity contribution in [3.8, 4) is 0 Å². The third-order valence-corrected chi connectivity index (χ3v) is 5.44. The first-order valence-corrected chi connectivity index (χ1v) is 10.2. The van der Waals surface area contributed by atoms with Crippen molar-refractivity contribution in [1.82, 2.24) is 19.7 Å². The number of hydrogen-bond donors (Lipinski definition) is 0. The van der Waals surface area contributed by atoms with Crippen molar-refractivity contribution in [2.75, 3.05) is 45.9 Å². The van der Waals surface area contributed by atoms with Crippen molar-refractivity contribution >= 4 is 17.9 Å². The molecule has 0 radical (unpaired) electrons. The number of aromatic nitrogens is 1. The normalized spacial score (nSPS) is 20.1. The largest absolute Gasteiger partial charge is 0.448 e. The molecule has 0 aliphatic carbocycles. The van der Waals surface area contributed by atoms with Crippen molar-refractivity contribution in [2.24, 2.45) is 5.41 Å². The fraction of sp³-hybridized carbons (Fsp3) is 0.619. The van der Waals surface area contributed by atoms with Gasteiger partial charge in [-0.3, -0.25) is 24.4 Å². The summed E-state index contributed by atoms with van der Waals surface area (Å²) in [5, 5.41) is 0. The summed E-state index contributed by atoms with van der Waals surface area (Å²) in [6.07, 6.45) is 2.99. The molecule has 1 aromatic heterocycles. The maximum atomic E-state index is 12.3. The van der Waals surface area contributed by atoms with Crippen molar-refractivity contribution in [3.05, 3.63) is 30.1 Å². The molecule has 29 heavy (non-hydrogen) atoms. The van der Waals surface area contributed by atoms with Gasteiger partial charge in [0.05, 0.1) is 6.54 Å². The summed E-state index contributed by atoms with van der Waals surface area (Å²) in [7, 11) is 0. The number of piperazine rings is 1. The van der Waals surface area contributed by atoms with E-state index >= 15 is 0 Å². The average molecular weight is 402 g/mol. The molecule has 0 saturated carbocycles. The minimum absolute atomic E-state index is 0.0383. The van der Waals surface area contributed by atoms with Crippen LogP contribution in [0.5, 0.6) is 0 Å². The Hall–Kier alpha value is -2.48. The molecule has 0 aromatic carbocycles. The summed E-state index contributed by atoms with van der Waals surface area (Å²) < 4.78 is 5.31. The van der Waals surface area contributed by atoms with E-state index in [9.17, 15) is 14.4 Å². The van der Waals surface area contributed by atoms with Gasteiger partial charge in [0, 0.05) is 63.9 Å². The Labute approximate surface area is 171 Å². The van der Waals surface area contributed by atoms with E-state index in [2.05, 4.69) is 9.88 Å². The summed E-state index contributed by atoms with van der Waals surface area (Å²) in [5.74, 6) is -0.382. The minimum Gasteiger partial charge on any atom is -0.448 e. The average Bonchev–Trinajstić information content (AvgIpc) is 2.68. The number of pyridine rings is 1. The number of piperidine rings is 1. The molecule has 0 spiro atoms. The summed E-state index contributed by atoms with van der Waals surface area (Å²) in [5.41, 5.74) is 0.775. The van der Waals surface area contributed by atoms with Crippen molar-refractivity contribution < 1.29 is 19.1 Å². The number of imide groups is 1. The Morgan fingerprint density at radius 2 is 1.76 bits per heavy atom. The quantitative estimate of drug-likeness (QED) is 0.672. The van der Waals surface area contributed by atoms with Crippen LogP contribution < -0.4 is 0 Å². The van der Waals surface area contributed by atoms with Gasteiger partial charge in [-0.2, -0.15) is 0 Å². The molecule has 3 rings (SSSR count). The highest BCUT2D eigenvalue weighted by molar-refractivity contribution is 5.98. The minimum atomic E-state index is -0.383. The smallest absolute Gasteiger partial charge is 0.409 e. The van der Waals surface area contributed by atoms with Crippen molar-refractivity contribution in [2.45, 2.75) is 33.1 Å². The molecule has 2 aliphatic heterocycles. The van der Waals surface area contributed by atoms with Gasteiger partial charge in [-0.1, -0.05) is 19.9 Å². The molecule has 0 bridgehead atoms. The van der Waals surface area contributed by atoms with Gasteiger partial charge in [-0.25, -0.2) is 4.79 Å². The van der Waals surface area contributed by atoms with Gasteiger partial charge >= 0.3 is 6.09 Å². The number of amides is 3. The topological polar surface area (TPSA) is 83.1 Å². The van der Waals surface area contributed by atoms with Crippen LogP contribution in [-0.4, -0.2) is 83.5 Å². The van der Waals surface area contributed by atoms with Gasteiger partial charge in [0.2, 0.25) is 11.8 Å². The van der Waals surface area contributed by atoms with E-state index in [1.54, 1.807) is 11.1 Å². The lowest BCUT2D eigenvalue weighted by atomic mass is 9.82. The van der Waals surface area contributed by atoms with E-state index in [-0.39, 0.29) is 36.5 Å². The summed E-state index contributed by atoms with van der Waals surface area (Å²) in [6.45, 7) is 7.70. The van der Waals surface area contributed by atoms with E-state index in [4.69, 9.17) is 4.74 Å². The highest BCUT2D eigenvalue weighted by Crippen LogP contribution is 2.31. The van der Waals surface area contributed by atoms with Gasteiger partial charge in [-0.15, -0.1) is 0 Å². The van der Waals surface area contributed by atoms with Crippen LogP contribution in [0.25, 0.3) is 0 Å². The Morgan fingerprint density at radius 3 is 2.38 bits per heavy atom. The standard InChI is InChI=1S/C21H30N4O4/c1-21(2)15-18(26)25(19(27)16-21)13-14-29-20(28)24-11-9-23(10-12-24)8-6-17-5-3-4-7-22-17/h3-5,7H,6,8-16H2,1-2H3. The zero-order valence-electron chi connectivity index (χ0n) is 17.3. The molecule has 0 unspecified atom stereocenters. The molecule has 3 heterocycles. The van der Waals surface area contributed by atoms with Crippen molar-refractivity contribution in [1.29, 1.82) is 0 Å². The SMILES string of the molecule is CC1(C)CC(=O)N(CCOC(=O)N2CCN(CCc3ccccn3)CC2)C(=O)C1. The van der Waals surface area contributed by atoms with Crippen LogP contribution in [0.15, 0.2) is 24.4 Å². The number of rotatable bonds is 6. The molecule has 158 valence electrons. The second kappa shape index (κ2) is 9.35. The molecule has 2 saturated heterocycles. The number of hydrogen-bond acceptors (Lipinski definition) is 6. The highest BCUT2D eigenvalue weighted by Gasteiger charge is 2.37. The second-order valence-corrected chi connectivity index (χ2v) is 8.47. The lowest BCUT2D eigenvalue weighted by Crippen LogP contribution is -2.50. The molecule has 2 fully saturated rings. The molecule has 3 amide bonds. The van der Waals surface area contributed by atoms with E-state index < -0.39 is 0 Å². The van der Waals surface area contributed by atoms with E-state index in [0.717, 1.165) is 31.7 Å². The van der Waals surface area contributed by atoms with Gasteiger partial charge in [0.25, 0.3) is 0 Å². The Morgan fingerprint density at radius 1 is 1.07 bits per heavy atom. The number of carbonyl (C=O) groups excluding carboxylic acids is 3. The van der Waals surface area contributed by atoms with E-state index in [1.807, 2.05) is 32.0 Å². The maximum absolute atomic E-state index is 12.3. The lowest BCUT2D eigenvalue weighted by molar-refractivity contribution is -0.153. The second-order valence-electron chi connectivity index (χ2n) is 8.47. The Bertz CT molecular complexity index is 709. The zero-order chi connectivity index (χ0) is 20.9. The molecule has 1 aromatic rings. The van der Waals surface area contributed by atoms with Crippen LogP contribution in [0.1, 0.15) is 32.4 Å². The lowest BCUT2D eigenvalue weighted by Gasteiger charge is -2.35. The Kier molecular flexibility index (Phi) is 6.84. The summed E-state index contributed by atoms with van der Waals surface area (Å²) in [6, 6.07) is 5.92. The van der Waals surface area contributed by atoms with Crippen molar-refractivity contribution in [3.63, 3.8) is 0 Å². The maximum Gasteiger partial charge on any atom is 0.409 e. The van der Waals surface area contributed by atoms with Crippen LogP contribution in [0.3, 0.4) is 0 Å². The highest BCUT2D eigenvalue weighted by atomic mass is 16.6. The third kappa shape index (κ3) is 6.00. The fourth-order valence-corrected chi connectivity index (χ4v) is 3.75. The summed E-state index contributed by atoms with van der Waals surface area (Å²) >= 11 is 0. The van der Waals surface area contributed by atoms with Crippen LogP contribution in [-0.2, 0) is 20.7 Å². The van der Waals surface area contributed by atoms with Crippen LogP contribution in [0, 0.1) is 5.41 Å². The number of ether oxygens (including phenoxy) is 1.